The van der Waals surface area contributed by atoms with E-state index in [0.29, 0.717) is 12.3 Å². The summed E-state index contributed by atoms with van der Waals surface area (Å²) in [6, 6.07) is 2.68. The lowest BCUT2D eigenvalue weighted by Gasteiger charge is -2.05. The first-order valence-corrected chi connectivity index (χ1v) is 5.27. The molecular formula is C11H7F4N3O2. The Kier molecular flexibility index (Phi) is 3.20. The van der Waals surface area contributed by atoms with Crippen LogP contribution in [0.25, 0.3) is 5.69 Å². The third-order valence-corrected chi connectivity index (χ3v) is 2.57. The van der Waals surface area contributed by atoms with E-state index in [2.05, 4.69) is 4.98 Å². The van der Waals surface area contributed by atoms with Crippen molar-refractivity contribution in [3.63, 3.8) is 0 Å². The summed E-state index contributed by atoms with van der Waals surface area (Å²) in [5.74, 6) is -1.08. The first-order valence-electron chi connectivity index (χ1n) is 5.27. The molecule has 0 fully saturated rings. The molecule has 5 nitrogen and oxygen atoms in total. The molecule has 1 aromatic heterocycles. The zero-order valence-electron chi connectivity index (χ0n) is 9.98. The number of aromatic nitrogens is 2. The third-order valence-electron chi connectivity index (χ3n) is 2.57. The topological polar surface area (TPSA) is 61.0 Å². The fourth-order valence-corrected chi connectivity index (χ4v) is 1.66. The van der Waals surface area contributed by atoms with Crippen LogP contribution in [0.4, 0.5) is 23.2 Å². The van der Waals surface area contributed by atoms with Gasteiger partial charge in [0.25, 0.3) is 5.69 Å². The van der Waals surface area contributed by atoms with Gasteiger partial charge in [-0.25, -0.2) is 9.37 Å². The number of hydrogen-bond donors (Lipinski definition) is 0. The predicted octanol–water partition coefficient (Wildman–Crippen LogP) is 3.25. The average Bonchev–Trinajstić information content (AvgIpc) is 2.71. The van der Waals surface area contributed by atoms with E-state index in [0.717, 1.165) is 16.7 Å². The molecule has 1 aromatic carbocycles. The van der Waals surface area contributed by atoms with Crippen LogP contribution in [0.5, 0.6) is 0 Å². The van der Waals surface area contributed by atoms with E-state index in [-0.39, 0.29) is 11.5 Å². The fourth-order valence-electron chi connectivity index (χ4n) is 1.66. The molecule has 106 valence electrons. The van der Waals surface area contributed by atoms with Crippen molar-refractivity contribution in [2.24, 2.45) is 0 Å². The van der Waals surface area contributed by atoms with Crippen LogP contribution in [0.15, 0.2) is 24.4 Å². The molecule has 0 atom stereocenters. The van der Waals surface area contributed by atoms with Crippen LogP contribution in [-0.4, -0.2) is 14.5 Å². The standard InChI is InChI=1S/C11H7F4N3O2/c1-6-16-10(11(13,14)15)5-17(6)9-3-2-7(18(19)20)4-8(9)12/h2-5H,1H3. The van der Waals surface area contributed by atoms with Gasteiger partial charge >= 0.3 is 6.18 Å². The maximum atomic E-state index is 13.7. The van der Waals surface area contributed by atoms with E-state index in [1.807, 2.05) is 0 Å². The number of imidazole rings is 1. The lowest BCUT2D eigenvalue weighted by Crippen LogP contribution is -2.05. The van der Waals surface area contributed by atoms with Gasteiger partial charge in [0, 0.05) is 12.3 Å². The molecule has 0 aliphatic heterocycles. The highest BCUT2D eigenvalue weighted by Gasteiger charge is 2.34. The van der Waals surface area contributed by atoms with Crippen molar-refractivity contribution in [2.45, 2.75) is 13.1 Å². The number of non-ortho nitro benzene ring substituents is 1. The third kappa shape index (κ3) is 2.46. The summed E-state index contributed by atoms with van der Waals surface area (Å²) in [6.45, 7) is 1.27. The molecule has 2 aromatic rings. The molecule has 0 unspecified atom stereocenters. The highest BCUT2D eigenvalue weighted by molar-refractivity contribution is 5.43. The first kappa shape index (κ1) is 14.0. The monoisotopic (exact) mass is 289 g/mol. The van der Waals surface area contributed by atoms with Crippen LogP contribution in [-0.2, 0) is 6.18 Å². The highest BCUT2D eigenvalue weighted by atomic mass is 19.4. The molecule has 0 radical (unpaired) electrons. The van der Waals surface area contributed by atoms with Gasteiger partial charge in [0.1, 0.15) is 5.82 Å². The van der Waals surface area contributed by atoms with Gasteiger partial charge in [-0.1, -0.05) is 0 Å². The second-order valence-electron chi connectivity index (χ2n) is 3.93. The second kappa shape index (κ2) is 4.58. The molecule has 0 amide bonds. The van der Waals surface area contributed by atoms with Crippen molar-refractivity contribution in [3.05, 3.63) is 51.8 Å². The largest absolute Gasteiger partial charge is 0.434 e. The van der Waals surface area contributed by atoms with Gasteiger partial charge in [0.2, 0.25) is 0 Å². The van der Waals surface area contributed by atoms with Crippen molar-refractivity contribution in [1.82, 2.24) is 9.55 Å². The van der Waals surface area contributed by atoms with Crippen molar-refractivity contribution in [2.75, 3.05) is 0 Å². The zero-order valence-corrected chi connectivity index (χ0v) is 9.98. The Balaban J connectivity index is 2.52. The Bertz CT molecular complexity index is 679. The zero-order chi connectivity index (χ0) is 15.1. The van der Waals surface area contributed by atoms with E-state index in [4.69, 9.17) is 0 Å². The minimum atomic E-state index is -4.65. The lowest BCUT2D eigenvalue weighted by atomic mass is 10.2. The van der Waals surface area contributed by atoms with Crippen LogP contribution in [0, 0.1) is 22.9 Å². The SMILES string of the molecule is Cc1nc(C(F)(F)F)cn1-c1ccc([N+](=O)[O-])cc1F. The van der Waals surface area contributed by atoms with E-state index < -0.39 is 28.3 Å². The maximum Gasteiger partial charge on any atom is 0.434 e. The van der Waals surface area contributed by atoms with Crippen molar-refractivity contribution in [1.29, 1.82) is 0 Å². The van der Waals surface area contributed by atoms with Crippen LogP contribution in [0.1, 0.15) is 11.5 Å². The van der Waals surface area contributed by atoms with Crippen molar-refractivity contribution in [3.8, 4) is 5.69 Å². The Hall–Kier alpha value is -2.45. The number of aryl methyl sites for hydroxylation is 1. The number of nitrogens with zero attached hydrogens (tertiary/aromatic N) is 3. The summed E-state index contributed by atoms with van der Waals surface area (Å²) in [5, 5.41) is 10.5. The molecule has 1 heterocycles. The highest BCUT2D eigenvalue weighted by Crippen LogP contribution is 2.30. The number of nitro groups is 1. The number of benzene rings is 1. The Morgan fingerprint density at radius 1 is 1.35 bits per heavy atom. The van der Waals surface area contributed by atoms with Gasteiger partial charge in [-0.3, -0.25) is 10.1 Å². The van der Waals surface area contributed by atoms with Gasteiger partial charge in [-0.15, -0.1) is 0 Å². The summed E-state index contributed by atoms with van der Waals surface area (Å²) in [4.78, 5) is 13.0. The summed E-state index contributed by atoms with van der Waals surface area (Å²) >= 11 is 0. The number of nitro benzene ring substituents is 1. The van der Waals surface area contributed by atoms with Gasteiger partial charge in [0.15, 0.2) is 11.5 Å². The molecule has 0 N–H and O–H groups in total. The van der Waals surface area contributed by atoms with Gasteiger partial charge in [-0.05, 0) is 13.0 Å². The van der Waals surface area contributed by atoms with Gasteiger partial charge < -0.3 is 4.57 Å². The van der Waals surface area contributed by atoms with E-state index in [9.17, 15) is 27.7 Å². The Labute approximate surface area is 109 Å². The minimum Gasteiger partial charge on any atom is -0.300 e. The molecular weight excluding hydrogens is 282 g/mol. The second-order valence-corrected chi connectivity index (χ2v) is 3.93. The Morgan fingerprint density at radius 3 is 2.45 bits per heavy atom. The van der Waals surface area contributed by atoms with E-state index in [1.165, 1.54) is 6.92 Å². The molecule has 9 heteroatoms. The first-order chi connectivity index (χ1) is 9.20. The number of rotatable bonds is 2. The fraction of sp³-hybridized carbons (Fsp3) is 0.182. The van der Waals surface area contributed by atoms with Crippen LogP contribution >= 0.6 is 0 Å². The summed E-state index contributed by atoms with van der Waals surface area (Å²) in [7, 11) is 0. The van der Waals surface area contributed by atoms with Crippen LogP contribution < -0.4 is 0 Å². The number of alkyl halides is 3. The molecule has 0 aliphatic rings. The summed E-state index contributed by atoms with van der Waals surface area (Å²) in [6.07, 6.45) is -4.01. The molecule has 0 spiro atoms. The number of halogens is 4. The quantitative estimate of drug-likeness (QED) is 0.484. The normalized spacial score (nSPS) is 11.7. The lowest BCUT2D eigenvalue weighted by molar-refractivity contribution is -0.385. The maximum absolute atomic E-state index is 13.7. The number of hydrogen-bond acceptors (Lipinski definition) is 3. The van der Waals surface area contributed by atoms with Crippen LogP contribution in [0.2, 0.25) is 0 Å². The predicted molar refractivity (Wildman–Crippen MR) is 59.9 cm³/mol. The molecule has 0 aliphatic carbocycles. The van der Waals surface area contributed by atoms with Crippen LogP contribution in [0.3, 0.4) is 0 Å². The van der Waals surface area contributed by atoms with Gasteiger partial charge in [-0.2, -0.15) is 13.2 Å². The minimum absolute atomic E-state index is 0.0786. The van der Waals surface area contributed by atoms with Gasteiger partial charge in [0.05, 0.1) is 16.7 Å². The molecule has 0 bridgehead atoms. The van der Waals surface area contributed by atoms with E-state index >= 15 is 0 Å². The molecule has 0 saturated heterocycles. The van der Waals surface area contributed by atoms with Crippen molar-refractivity contribution >= 4 is 5.69 Å². The smallest absolute Gasteiger partial charge is 0.300 e. The average molecular weight is 289 g/mol. The molecule has 20 heavy (non-hydrogen) atoms. The van der Waals surface area contributed by atoms with E-state index in [1.54, 1.807) is 0 Å². The summed E-state index contributed by atoms with van der Waals surface area (Å²) < 4.78 is 52.2. The van der Waals surface area contributed by atoms with Crippen molar-refractivity contribution < 1.29 is 22.5 Å². The molecule has 0 saturated carbocycles. The summed E-state index contributed by atoms with van der Waals surface area (Å²) in [5.41, 5.74) is -1.89. The Morgan fingerprint density at radius 2 is 2.00 bits per heavy atom. The molecule has 2 rings (SSSR count).